The van der Waals surface area contributed by atoms with Crippen molar-refractivity contribution in [2.24, 2.45) is 0 Å². The van der Waals surface area contributed by atoms with Crippen LogP contribution in [0.3, 0.4) is 0 Å². The summed E-state index contributed by atoms with van der Waals surface area (Å²) < 4.78 is 71.9. The first kappa shape index (κ1) is 47.5. The minimum absolute atomic E-state index is 0. The fourth-order valence-corrected chi connectivity index (χ4v) is 11.3. The smallest absolute Gasteiger partial charge is 0.768 e. The van der Waals surface area contributed by atoms with Crippen LogP contribution in [0.5, 0.6) is 0 Å². The normalized spacial score (nSPS) is 12.5. The molecule has 0 spiro atoms. The van der Waals surface area contributed by atoms with Crippen molar-refractivity contribution in [3.63, 3.8) is 0 Å². The summed E-state index contributed by atoms with van der Waals surface area (Å²) in [5.41, 5.74) is 8.71. The predicted molar refractivity (Wildman–Crippen MR) is 256 cm³/mol. The number of aryl methyl sites for hydroxylation is 4. The van der Waals surface area contributed by atoms with Crippen molar-refractivity contribution in [1.82, 2.24) is 4.58 Å². The standard InChI is InChI=1S/C51H46N2O6S4.Na/c1-34-14-13-15-35(2)50(34)52(26-28-60-40-16-7-5-8-17-40)38-22-24-43-46(32-38)59-47-33-39(23-25-44(47)49(43)45-20-11-12-21-48(45)63(56,57)58)53(27-29-61-41-18-9-6-10-19-41)51-36(3)30-42(62(54)55)31-37(51)4;/h5-25,30-33H,26-29H2,1-4H3,(H-,54,55,56,57,58);/q;+1/p-1. The van der Waals surface area contributed by atoms with E-state index in [4.69, 9.17) is 4.42 Å². The van der Waals surface area contributed by atoms with Crippen LogP contribution in [-0.4, -0.2) is 46.3 Å². The van der Waals surface area contributed by atoms with Crippen LogP contribution in [-0.2, 0) is 21.2 Å². The van der Waals surface area contributed by atoms with Gasteiger partial charge in [-0.15, -0.1) is 23.5 Å². The zero-order valence-electron chi connectivity index (χ0n) is 36.2. The zero-order chi connectivity index (χ0) is 44.3. The Morgan fingerprint density at radius 1 is 0.672 bits per heavy atom. The van der Waals surface area contributed by atoms with E-state index in [1.165, 1.54) is 11.0 Å². The van der Waals surface area contributed by atoms with E-state index in [1.54, 1.807) is 53.9 Å². The number of hydrogen-bond donors (Lipinski definition) is 0. The van der Waals surface area contributed by atoms with Gasteiger partial charge in [-0.25, -0.2) is 8.42 Å². The Labute approximate surface area is 408 Å². The van der Waals surface area contributed by atoms with E-state index >= 15 is 0 Å². The third-order valence-corrected chi connectivity index (χ3v) is 14.5. The Balaban J connectivity index is 0.00000612. The van der Waals surface area contributed by atoms with E-state index in [0.717, 1.165) is 55.3 Å². The van der Waals surface area contributed by atoms with Crippen LogP contribution < -0.4 is 44.4 Å². The number of fused-ring (bicyclic) bond motifs is 2. The average molecular weight is 933 g/mol. The third-order valence-electron chi connectivity index (χ3n) is 11.0. The molecule has 1 unspecified atom stereocenters. The second-order valence-corrected chi connectivity index (χ2v) is 19.9. The SMILES string of the molecule is Cc1cccc(C)c1N(CCSc1ccccc1)c1ccc2c(-c3ccccc3S(=O)(=O)[O-])c3ccc(=[N+](CCSc4ccccc4)c4c(C)cc(S(=O)[O-])cc4C)cc-3oc2c1.[Na+]. The number of benzene rings is 7. The van der Waals surface area contributed by atoms with Crippen molar-refractivity contribution in [3.05, 3.63) is 179 Å². The van der Waals surface area contributed by atoms with Crippen LogP contribution >= 0.6 is 23.5 Å². The molecule has 1 aliphatic heterocycles. The van der Waals surface area contributed by atoms with Gasteiger partial charge in [0.15, 0.2) is 6.54 Å². The Kier molecular flexibility index (Phi) is 15.4. The second-order valence-electron chi connectivity index (χ2n) is 15.3. The van der Waals surface area contributed by atoms with Crippen LogP contribution in [0.15, 0.2) is 176 Å². The average Bonchev–Trinajstić information content (AvgIpc) is 3.27. The number of para-hydroxylation sites is 1. The molecule has 0 aromatic heterocycles. The van der Waals surface area contributed by atoms with E-state index < -0.39 is 21.2 Å². The van der Waals surface area contributed by atoms with Crippen LogP contribution in [0.2, 0.25) is 0 Å². The Morgan fingerprint density at radius 2 is 1.28 bits per heavy atom. The third kappa shape index (κ3) is 10.5. The molecule has 0 amide bonds. The van der Waals surface area contributed by atoms with Gasteiger partial charge in [0.1, 0.15) is 21.5 Å². The summed E-state index contributed by atoms with van der Waals surface area (Å²) in [6.45, 7) is 9.30. The molecule has 320 valence electrons. The van der Waals surface area contributed by atoms with E-state index in [0.29, 0.717) is 46.7 Å². The minimum Gasteiger partial charge on any atom is -0.768 e. The Bertz CT molecular complexity index is 3100. The maximum Gasteiger partial charge on any atom is 1.00 e. The van der Waals surface area contributed by atoms with Crippen molar-refractivity contribution in [2.75, 3.05) is 29.5 Å². The van der Waals surface area contributed by atoms with Gasteiger partial charge in [-0.1, -0.05) is 72.8 Å². The minimum atomic E-state index is -4.88. The van der Waals surface area contributed by atoms with E-state index in [2.05, 4.69) is 65.8 Å². The number of rotatable bonds is 14. The number of thioether (sulfide) groups is 2. The van der Waals surface area contributed by atoms with Gasteiger partial charge in [0.2, 0.25) is 11.0 Å². The molecule has 0 saturated heterocycles. The monoisotopic (exact) mass is 932 g/mol. The number of anilines is 2. The van der Waals surface area contributed by atoms with Crippen molar-refractivity contribution < 1.29 is 55.7 Å². The molecule has 6 aromatic rings. The first-order valence-corrected chi connectivity index (χ1v) is 24.9. The topological polar surface area (TPSA) is 117 Å². The van der Waals surface area contributed by atoms with Crippen LogP contribution in [0.25, 0.3) is 33.4 Å². The summed E-state index contributed by atoms with van der Waals surface area (Å²) in [7, 11) is -4.88. The summed E-state index contributed by atoms with van der Waals surface area (Å²) in [5, 5.41) is 1.45. The van der Waals surface area contributed by atoms with E-state index in [9.17, 15) is 21.7 Å². The molecule has 13 heteroatoms. The van der Waals surface area contributed by atoms with Gasteiger partial charge in [-0.05, 0) is 111 Å². The summed E-state index contributed by atoms with van der Waals surface area (Å²) in [6, 6.07) is 48.3. The number of hydrogen-bond acceptors (Lipinski definition) is 9. The molecule has 0 saturated carbocycles. The van der Waals surface area contributed by atoms with Crippen molar-refractivity contribution >= 4 is 72.8 Å². The van der Waals surface area contributed by atoms with Crippen LogP contribution in [0.1, 0.15) is 22.3 Å². The van der Waals surface area contributed by atoms with Gasteiger partial charge in [0.05, 0.1) is 16.7 Å². The maximum absolute atomic E-state index is 12.9. The largest absolute Gasteiger partial charge is 1.00 e. The van der Waals surface area contributed by atoms with Crippen molar-refractivity contribution in [2.45, 2.75) is 47.3 Å². The Morgan fingerprint density at radius 3 is 1.91 bits per heavy atom. The van der Waals surface area contributed by atoms with Gasteiger partial charge in [0, 0.05) is 83.7 Å². The van der Waals surface area contributed by atoms with Gasteiger partial charge in [-0.2, -0.15) is 4.58 Å². The Hall–Kier alpha value is -4.47. The van der Waals surface area contributed by atoms with Gasteiger partial charge < -0.3 is 18.4 Å². The van der Waals surface area contributed by atoms with Gasteiger partial charge in [-0.3, -0.25) is 4.21 Å². The molecule has 1 aliphatic carbocycles. The first-order valence-electron chi connectivity index (χ1n) is 20.4. The number of nitrogens with zero attached hydrogens (tertiary/aromatic N) is 2. The molecule has 0 radical (unpaired) electrons. The summed E-state index contributed by atoms with van der Waals surface area (Å²) in [5.74, 6) is 2.00. The molecular formula is C51H45N2NaO6S4. The van der Waals surface area contributed by atoms with Crippen molar-refractivity contribution in [3.8, 4) is 22.5 Å². The van der Waals surface area contributed by atoms with Crippen LogP contribution in [0, 0.1) is 27.7 Å². The molecular weight excluding hydrogens is 888 g/mol. The summed E-state index contributed by atoms with van der Waals surface area (Å²) in [6.07, 6.45) is 0. The van der Waals surface area contributed by atoms with Crippen molar-refractivity contribution in [1.29, 1.82) is 0 Å². The molecule has 0 N–H and O–H groups in total. The second kappa shape index (κ2) is 20.8. The maximum atomic E-state index is 12.9. The molecule has 64 heavy (non-hydrogen) atoms. The van der Waals surface area contributed by atoms with Gasteiger partial charge in [0.25, 0.3) is 0 Å². The predicted octanol–water partition coefficient (Wildman–Crippen LogP) is 8.41. The molecule has 6 aromatic carbocycles. The fourth-order valence-electron chi connectivity index (χ4n) is 8.34. The van der Waals surface area contributed by atoms with E-state index in [-0.39, 0.29) is 44.9 Å². The summed E-state index contributed by atoms with van der Waals surface area (Å²) in [4.78, 5) is 4.52. The fraction of sp³-hybridized carbons (Fsp3) is 0.157. The molecule has 2 aliphatic rings. The molecule has 8 nitrogen and oxygen atoms in total. The van der Waals surface area contributed by atoms with Crippen LogP contribution in [0.4, 0.5) is 17.1 Å². The molecule has 1 atom stereocenters. The van der Waals surface area contributed by atoms with Gasteiger partial charge >= 0.3 is 29.6 Å². The quantitative estimate of drug-likeness (QED) is 0.0265. The molecule has 0 bridgehead atoms. The molecule has 8 rings (SSSR count). The summed E-state index contributed by atoms with van der Waals surface area (Å²) >= 11 is 1.10. The van der Waals surface area contributed by atoms with E-state index in [1.807, 2.05) is 86.6 Å². The molecule has 1 heterocycles. The first-order chi connectivity index (χ1) is 30.4. The zero-order valence-corrected chi connectivity index (χ0v) is 41.5. The molecule has 0 fully saturated rings.